The van der Waals surface area contributed by atoms with E-state index in [0.717, 1.165) is 57.1 Å². The van der Waals surface area contributed by atoms with Crippen molar-refractivity contribution >= 4 is 11.8 Å². The molecule has 0 bridgehead atoms. The van der Waals surface area contributed by atoms with E-state index in [0.29, 0.717) is 11.7 Å². The van der Waals surface area contributed by atoms with Crippen molar-refractivity contribution < 1.29 is 18.8 Å². The highest BCUT2D eigenvalue weighted by molar-refractivity contribution is 5.96. The Balaban J connectivity index is 1.47. The summed E-state index contributed by atoms with van der Waals surface area (Å²) in [5.41, 5.74) is 1.68. The van der Waals surface area contributed by atoms with Gasteiger partial charge in [0.05, 0.1) is 18.7 Å². The molecule has 6 rings (SSSR count). The Kier molecular flexibility index (Phi) is 5.06. The Morgan fingerprint density at radius 2 is 1.73 bits per heavy atom. The highest BCUT2D eigenvalue weighted by atomic mass is 16.5. The van der Waals surface area contributed by atoms with Crippen LogP contribution in [0, 0.1) is 44.8 Å². The number of hydrogen-bond acceptors (Lipinski definition) is 5. The number of esters is 1. The third kappa shape index (κ3) is 2.95. The van der Waals surface area contributed by atoms with E-state index < -0.39 is 5.41 Å². The first-order valence-electron chi connectivity index (χ1n) is 14.4. The van der Waals surface area contributed by atoms with Crippen LogP contribution >= 0.6 is 0 Å². The number of rotatable bonds is 1. The minimum Gasteiger partial charge on any atom is -0.469 e. The summed E-state index contributed by atoms with van der Waals surface area (Å²) in [7, 11) is 1.51. The molecule has 202 valence electrons. The Morgan fingerprint density at radius 1 is 1.03 bits per heavy atom. The van der Waals surface area contributed by atoms with E-state index in [4.69, 9.17) is 9.26 Å². The fraction of sp³-hybridized carbons (Fsp3) is 0.781. The maximum Gasteiger partial charge on any atom is 0.311 e. The molecule has 8 atom stereocenters. The second-order valence-electron chi connectivity index (χ2n) is 15.3. The van der Waals surface area contributed by atoms with Gasteiger partial charge >= 0.3 is 5.97 Å². The van der Waals surface area contributed by atoms with Crippen molar-refractivity contribution in [3.63, 3.8) is 0 Å². The molecule has 5 heteroatoms. The van der Waals surface area contributed by atoms with Crippen molar-refractivity contribution in [3.05, 3.63) is 29.2 Å². The van der Waals surface area contributed by atoms with Crippen LogP contribution in [0.5, 0.6) is 0 Å². The van der Waals surface area contributed by atoms with Crippen LogP contribution in [-0.2, 0) is 26.2 Å². The molecule has 5 aliphatic carbocycles. The topological polar surface area (TPSA) is 69.4 Å². The first-order chi connectivity index (χ1) is 17.2. The predicted molar refractivity (Wildman–Crippen MR) is 142 cm³/mol. The lowest BCUT2D eigenvalue weighted by atomic mass is 9.33. The SMILES string of the molecule is COC(=O)[C@@]1(C)CC[C@]2(C)CC[C@@]3(C)C(=CC(=O)[C@@H]4[C@@]5(C)Cc6cnoc6C(C)(C)[C@@H]5CC[C@]43C)[C@H]2C1. The number of ether oxygens (including phenoxy) is 1. The molecule has 3 saturated carbocycles. The Morgan fingerprint density at radius 3 is 2.43 bits per heavy atom. The summed E-state index contributed by atoms with van der Waals surface area (Å²) < 4.78 is 11.1. The summed E-state index contributed by atoms with van der Waals surface area (Å²) in [5, 5.41) is 4.19. The average Bonchev–Trinajstić information content (AvgIpc) is 3.29. The number of fused-ring (bicyclic) bond motifs is 8. The molecule has 0 saturated heterocycles. The van der Waals surface area contributed by atoms with Crippen molar-refractivity contribution in [1.29, 1.82) is 0 Å². The van der Waals surface area contributed by atoms with Crippen molar-refractivity contribution in [2.45, 2.75) is 105 Å². The quantitative estimate of drug-likeness (QED) is 0.389. The van der Waals surface area contributed by atoms with Gasteiger partial charge in [-0.1, -0.05) is 52.3 Å². The lowest BCUT2D eigenvalue weighted by Gasteiger charge is -2.69. The van der Waals surface area contributed by atoms with Gasteiger partial charge < -0.3 is 9.26 Å². The summed E-state index contributed by atoms with van der Waals surface area (Å²) in [6.07, 6.45) is 11.9. The van der Waals surface area contributed by atoms with Crippen molar-refractivity contribution in [2.75, 3.05) is 7.11 Å². The number of nitrogens with zero attached hydrogens (tertiary/aromatic N) is 1. The number of carbonyl (C=O) groups is 2. The second-order valence-corrected chi connectivity index (χ2v) is 15.3. The van der Waals surface area contributed by atoms with Gasteiger partial charge in [-0.3, -0.25) is 9.59 Å². The van der Waals surface area contributed by atoms with Crippen molar-refractivity contribution in [2.24, 2.45) is 44.8 Å². The molecule has 37 heavy (non-hydrogen) atoms. The molecule has 0 radical (unpaired) electrons. The van der Waals surface area contributed by atoms with E-state index in [1.54, 1.807) is 0 Å². The zero-order chi connectivity index (χ0) is 26.8. The number of aromatic nitrogens is 1. The van der Waals surface area contributed by atoms with Crippen LogP contribution in [0.4, 0.5) is 0 Å². The minimum absolute atomic E-state index is 0.0326. The van der Waals surface area contributed by atoms with E-state index >= 15 is 0 Å². The minimum atomic E-state index is -0.486. The lowest BCUT2D eigenvalue weighted by Crippen LogP contribution is -2.66. The zero-order valence-electron chi connectivity index (χ0n) is 24.1. The molecule has 0 N–H and O–H groups in total. The van der Waals surface area contributed by atoms with Gasteiger partial charge in [0.15, 0.2) is 5.78 Å². The maximum atomic E-state index is 14.5. The fourth-order valence-corrected chi connectivity index (χ4v) is 10.9. The number of hydrogen-bond donors (Lipinski definition) is 0. The zero-order valence-corrected chi connectivity index (χ0v) is 24.1. The van der Waals surface area contributed by atoms with Gasteiger partial charge in [-0.2, -0.15) is 0 Å². The van der Waals surface area contributed by atoms with Gasteiger partial charge in [-0.25, -0.2) is 0 Å². The average molecular weight is 508 g/mol. The molecule has 0 aliphatic heterocycles. The molecule has 1 heterocycles. The Bertz CT molecular complexity index is 1210. The van der Waals surface area contributed by atoms with Crippen molar-refractivity contribution in [1.82, 2.24) is 5.16 Å². The van der Waals surface area contributed by atoms with Gasteiger partial charge in [0.25, 0.3) is 0 Å². The van der Waals surface area contributed by atoms with E-state index in [1.807, 2.05) is 6.20 Å². The Hall–Kier alpha value is -1.91. The maximum absolute atomic E-state index is 14.5. The third-order valence-corrected chi connectivity index (χ3v) is 13.2. The molecule has 1 aromatic rings. The standard InChI is InChI=1S/C32H45NO4/c1-27(2)23-9-10-32(7)24(30(23,5)16-19-18-33-37-25(19)27)22(34)15-20-21-17-29(4,26(35)36-8)12-11-28(21,3)13-14-31(20,32)6/h15,18,21,23-24H,9-14,16-17H2,1-8H3/t21-,23+,24-,28-,29+,30+,31+,32-/m1/s1. The van der Waals surface area contributed by atoms with Crippen LogP contribution < -0.4 is 0 Å². The van der Waals surface area contributed by atoms with E-state index in [2.05, 4.69) is 59.7 Å². The van der Waals surface area contributed by atoms with Gasteiger partial charge in [0.2, 0.25) is 0 Å². The Labute approximate surface area is 222 Å². The van der Waals surface area contributed by atoms with Gasteiger partial charge in [0.1, 0.15) is 5.76 Å². The highest BCUT2D eigenvalue weighted by Crippen LogP contribution is 2.74. The number of methoxy groups -OCH3 is 1. The number of ketones is 1. The molecule has 1 aromatic heterocycles. The van der Waals surface area contributed by atoms with Crippen LogP contribution in [-0.4, -0.2) is 24.0 Å². The highest BCUT2D eigenvalue weighted by Gasteiger charge is 2.70. The van der Waals surface area contributed by atoms with Crippen LogP contribution in [0.25, 0.3) is 0 Å². The van der Waals surface area contributed by atoms with Crippen molar-refractivity contribution in [3.8, 4) is 0 Å². The largest absolute Gasteiger partial charge is 0.469 e. The van der Waals surface area contributed by atoms with Crippen LogP contribution in [0.15, 0.2) is 22.4 Å². The molecule has 3 fully saturated rings. The summed E-state index contributed by atoms with van der Waals surface area (Å²) >= 11 is 0. The molecular formula is C32H45NO4. The van der Waals surface area contributed by atoms with Gasteiger partial charge in [-0.15, -0.1) is 0 Å². The molecule has 0 spiro atoms. The molecule has 5 aliphatic rings. The summed E-state index contributed by atoms with van der Waals surface area (Å²) in [4.78, 5) is 27.4. The summed E-state index contributed by atoms with van der Waals surface area (Å²) in [6, 6.07) is 0. The molecule has 0 aromatic carbocycles. The molecule has 0 unspecified atom stereocenters. The second kappa shape index (κ2) is 7.39. The number of allylic oxidation sites excluding steroid dienone is 2. The van der Waals surface area contributed by atoms with Crippen LogP contribution in [0.3, 0.4) is 0 Å². The fourth-order valence-electron chi connectivity index (χ4n) is 10.9. The van der Waals surface area contributed by atoms with Gasteiger partial charge in [-0.05, 0) is 97.9 Å². The number of carbonyl (C=O) groups excluding carboxylic acids is 2. The lowest BCUT2D eigenvalue weighted by molar-refractivity contribution is -0.175. The van der Waals surface area contributed by atoms with Crippen LogP contribution in [0.1, 0.15) is 105 Å². The monoisotopic (exact) mass is 507 g/mol. The first-order valence-corrected chi connectivity index (χ1v) is 14.4. The molecule has 0 amide bonds. The first kappa shape index (κ1) is 25.4. The summed E-state index contributed by atoms with van der Waals surface area (Å²) in [6.45, 7) is 16.4. The predicted octanol–water partition coefficient (Wildman–Crippen LogP) is 6.84. The third-order valence-electron chi connectivity index (χ3n) is 13.2. The van der Waals surface area contributed by atoms with Crippen LogP contribution in [0.2, 0.25) is 0 Å². The smallest absolute Gasteiger partial charge is 0.311 e. The van der Waals surface area contributed by atoms with E-state index in [1.165, 1.54) is 18.2 Å². The van der Waals surface area contributed by atoms with E-state index in [-0.39, 0.29) is 44.9 Å². The normalized spacial score (nSPS) is 47.9. The molecular weight excluding hydrogens is 462 g/mol. The summed E-state index contributed by atoms with van der Waals surface area (Å²) in [5.74, 6) is 1.80. The van der Waals surface area contributed by atoms with E-state index in [9.17, 15) is 9.59 Å². The molecule has 5 nitrogen and oxygen atoms in total. The van der Waals surface area contributed by atoms with Gasteiger partial charge in [0, 0.05) is 16.9 Å².